The lowest BCUT2D eigenvalue weighted by molar-refractivity contribution is -0.247. The van der Waals surface area contributed by atoms with Gasteiger partial charge >= 0.3 is 6.18 Å². The molecule has 0 aromatic carbocycles. The minimum atomic E-state index is -4.89. The van der Waals surface area contributed by atoms with Gasteiger partial charge in [-0.1, -0.05) is 0 Å². The summed E-state index contributed by atoms with van der Waals surface area (Å²) in [6.45, 7) is 0. The van der Waals surface area contributed by atoms with Crippen molar-refractivity contribution in [2.45, 2.75) is 30.5 Å². The minimum absolute atomic E-state index is 0.101. The monoisotopic (exact) mass is 202 g/mol. The zero-order chi connectivity index (χ0) is 10.3. The first-order chi connectivity index (χ1) is 5.66. The number of hydrogen-bond acceptors (Lipinski definition) is 1. The van der Waals surface area contributed by atoms with Crippen LogP contribution in [0, 0.1) is 0 Å². The van der Waals surface area contributed by atoms with Gasteiger partial charge in [0.05, 0.1) is 0 Å². The second-order valence-electron chi connectivity index (χ2n) is 3.02. The summed E-state index contributed by atoms with van der Waals surface area (Å²) < 4.78 is 60.8. The van der Waals surface area contributed by atoms with Crippen LogP contribution in [-0.2, 0) is 0 Å². The van der Waals surface area contributed by atoms with Gasteiger partial charge in [0.2, 0.25) is 0 Å². The molecule has 6 heteroatoms. The van der Waals surface area contributed by atoms with E-state index in [4.69, 9.17) is 5.11 Å². The quantitative estimate of drug-likeness (QED) is 0.472. The highest BCUT2D eigenvalue weighted by molar-refractivity contribution is 5.14. The average Bonchev–Trinajstić information content (AvgIpc) is 1.94. The number of halogens is 5. The van der Waals surface area contributed by atoms with Crippen molar-refractivity contribution >= 4 is 0 Å². The maximum Gasteiger partial charge on any atom is 0.420 e. The topological polar surface area (TPSA) is 20.2 Å². The number of hydrogen-bond donors (Lipinski definition) is 1. The van der Waals surface area contributed by atoms with Crippen LogP contribution >= 0.6 is 0 Å². The van der Waals surface area contributed by atoms with Crippen molar-refractivity contribution in [3.05, 3.63) is 12.2 Å². The van der Waals surface area contributed by atoms with Crippen LogP contribution in [0.2, 0.25) is 0 Å². The van der Waals surface area contributed by atoms with Gasteiger partial charge in [-0.25, -0.2) is 8.78 Å². The van der Waals surface area contributed by atoms with Crippen molar-refractivity contribution in [3.63, 3.8) is 0 Å². The fourth-order valence-corrected chi connectivity index (χ4v) is 1.02. The third-order valence-electron chi connectivity index (χ3n) is 1.93. The molecule has 0 saturated heterocycles. The zero-order valence-corrected chi connectivity index (χ0v) is 6.41. The van der Waals surface area contributed by atoms with Crippen molar-refractivity contribution in [2.24, 2.45) is 0 Å². The maximum absolute atomic E-state index is 12.4. The molecule has 1 N–H and O–H groups in total. The van der Waals surface area contributed by atoms with E-state index >= 15 is 0 Å². The van der Waals surface area contributed by atoms with E-state index in [9.17, 15) is 22.0 Å². The van der Waals surface area contributed by atoms with Gasteiger partial charge < -0.3 is 5.11 Å². The predicted octanol–water partition coefficient (Wildman–Crippen LogP) is 2.27. The van der Waals surface area contributed by atoms with Gasteiger partial charge in [0.1, 0.15) is 0 Å². The Labute approximate surface area is 70.9 Å². The van der Waals surface area contributed by atoms with Gasteiger partial charge in [-0.3, -0.25) is 0 Å². The van der Waals surface area contributed by atoms with Gasteiger partial charge in [-0.15, -0.1) is 0 Å². The molecule has 0 radical (unpaired) electrons. The summed E-state index contributed by atoms with van der Waals surface area (Å²) in [4.78, 5) is 0. The zero-order valence-electron chi connectivity index (χ0n) is 6.41. The fourth-order valence-electron chi connectivity index (χ4n) is 1.02. The summed E-state index contributed by atoms with van der Waals surface area (Å²) in [7, 11) is 0. The molecule has 1 atom stereocenters. The number of allylic oxidation sites excluding steroid dienone is 1. The highest BCUT2D eigenvalue weighted by atomic mass is 19.4. The first-order valence-electron chi connectivity index (χ1n) is 3.54. The van der Waals surface area contributed by atoms with Gasteiger partial charge in [-0.05, 0) is 18.6 Å². The largest absolute Gasteiger partial charge is 0.420 e. The summed E-state index contributed by atoms with van der Waals surface area (Å²) in [5.74, 6) is -3.24. The Bertz CT molecular complexity index is 232. The first-order valence-corrected chi connectivity index (χ1v) is 3.54. The Morgan fingerprint density at radius 2 is 1.62 bits per heavy atom. The van der Waals surface area contributed by atoms with E-state index in [1.807, 2.05) is 0 Å². The Kier molecular flexibility index (Phi) is 2.14. The molecule has 76 valence electrons. The van der Waals surface area contributed by atoms with Crippen LogP contribution in [0.5, 0.6) is 0 Å². The molecule has 1 aliphatic rings. The van der Waals surface area contributed by atoms with E-state index in [0.29, 0.717) is 0 Å². The lowest BCUT2D eigenvalue weighted by Gasteiger charge is -2.32. The predicted molar refractivity (Wildman–Crippen MR) is 34.3 cm³/mol. The standard InChI is InChI=1S/C7H7F5O/c8-6(9)3-1-5(13,2-4-6)7(10,11)12/h1,3,13H,2,4H2. The molecule has 0 heterocycles. The van der Waals surface area contributed by atoms with Crippen LogP contribution < -0.4 is 0 Å². The molecule has 1 aliphatic carbocycles. The second kappa shape index (κ2) is 2.67. The third kappa shape index (κ3) is 1.99. The second-order valence-corrected chi connectivity index (χ2v) is 3.02. The Morgan fingerprint density at radius 1 is 1.08 bits per heavy atom. The van der Waals surface area contributed by atoms with Crippen molar-refractivity contribution in [1.29, 1.82) is 0 Å². The molecule has 1 unspecified atom stereocenters. The summed E-state index contributed by atoms with van der Waals surface area (Å²) in [6.07, 6.45) is -6.65. The summed E-state index contributed by atoms with van der Waals surface area (Å²) in [5, 5.41) is 8.89. The van der Waals surface area contributed by atoms with Crippen LogP contribution in [0.1, 0.15) is 12.8 Å². The Morgan fingerprint density at radius 3 is 1.92 bits per heavy atom. The molecule has 13 heavy (non-hydrogen) atoms. The molecular weight excluding hydrogens is 195 g/mol. The van der Waals surface area contributed by atoms with E-state index in [1.54, 1.807) is 0 Å². The summed E-state index contributed by atoms with van der Waals surface area (Å²) >= 11 is 0. The van der Waals surface area contributed by atoms with Crippen LogP contribution in [0.25, 0.3) is 0 Å². The molecule has 0 aromatic heterocycles. The lowest BCUT2D eigenvalue weighted by atomic mass is 9.89. The van der Waals surface area contributed by atoms with E-state index < -0.39 is 30.5 Å². The van der Waals surface area contributed by atoms with Crippen LogP contribution in [0.4, 0.5) is 22.0 Å². The molecule has 0 amide bonds. The van der Waals surface area contributed by atoms with E-state index in [-0.39, 0.29) is 12.2 Å². The molecule has 1 nitrogen and oxygen atoms in total. The molecular formula is C7H7F5O. The van der Waals surface area contributed by atoms with Gasteiger partial charge in [0.25, 0.3) is 5.92 Å². The molecule has 1 rings (SSSR count). The van der Waals surface area contributed by atoms with Crippen molar-refractivity contribution in [2.75, 3.05) is 0 Å². The molecule has 0 aromatic rings. The molecule has 0 aliphatic heterocycles. The van der Waals surface area contributed by atoms with Gasteiger partial charge in [0.15, 0.2) is 5.60 Å². The van der Waals surface area contributed by atoms with Crippen molar-refractivity contribution < 1.29 is 27.1 Å². The van der Waals surface area contributed by atoms with E-state index in [1.165, 1.54) is 0 Å². The molecule has 0 saturated carbocycles. The van der Waals surface area contributed by atoms with Gasteiger partial charge in [0, 0.05) is 6.42 Å². The normalized spacial score (nSPS) is 33.4. The maximum atomic E-state index is 12.4. The van der Waals surface area contributed by atoms with Crippen molar-refractivity contribution in [3.8, 4) is 0 Å². The lowest BCUT2D eigenvalue weighted by Crippen LogP contribution is -2.46. The van der Waals surface area contributed by atoms with Crippen molar-refractivity contribution in [1.82, 2.24) is 0 Å². The Balaban J connectivity index is 2.88. The summed E-state index contributed by atoms with van der Waals surface area (Å²) in [5.41, 5.74) is -3.09. The SMILES string of the molecule is OC1(C(F)(F)F)C=CC(F)(F)CC1. The Hall–Kier alpha value is -0.650. The molecule has 0 fully saturated rings. The van der Waals surface area contributed by atoms with E-state index in [2.05, 4.69) is 0 Å². The van der Waals surface area contributed by atoms with E-state index in [0.717, 1.165) is 0 Å². The van der Waals surface area contributed by atoms with Crippen LogP contribution in [0.15, 0.2) is 12.2 Å². The summed E-state index contributed by atoms with van der Waals surface area (Å²) in [6, 6.07) is 0. The highest BCUT2D eigenvalue weighted by Gasteiger charge is 2.54. The van der Waals surface area contributed by atoms with Crippen LogP contribution in [-0.4, -0.2) is 22.8 Å². The third-order valence-corrected chi connectivity index (χ3v) is 1.93. The van der Waals surface area contributed by atoms with Gasteiger partial charge in [-0.2, -0.15) is 13.2 Å². The number of alkyl halides is 5. The smallest absolute Gasteiger partial charge is 0.377 e. The molecule has 0 spiro atoms. The highest BCUT2D eigenvalue weighted by Crippen LogP contribution is 2.41. The van der Waals surface area contributed by atoms with Crippen LogP contribution in [0.3, 0.4) is 0 Å². The fraction of sp³-hybridized carbons (Fsp3) is 0.714. The number of aliphatic hydroxyl groups is 1. The average molecular weight is 202 g/mol. The minimum Gasteiger partial charge on any atom is -0.377 e. The number of rotatable bonds is 0. The molecule has 0 bridgehead atoms. The first kappa shape index (κ1) is 10.4.